The molecular weight excluding hydrogens is 475 g/mol. The minimum atomic E-state index is -0.259. The molecule has 2 N–H and O–H groups in total. The molecule has 0 aliphatic heterocycles. The van der Waals surface area contributed by atoms with E-state index in [2.05, 4.69) is 37.5 Å². The molecule has 3 aromatic heterocycles. The van der Waals surface area contributed by atoms with Crippen LogP contribution in [0.2, 0.25) is 0 Å². The fraction of sp³-hybridized carbons (Fsp3) is 0.111. The van der Waals surface area contributed by atoms with Crippen LogP contribution in [0, 0.1) is 17.7 Å². The van der Waals surface area contributed by atoms with Gasteiger partial charge in [0.2, 0.25) is 5.91 Å². The van der Waals surface area contributed by atoms with Gasteiger partial charge in [0.15, 0.2) is 0 Å². The Morgan fingerprint density at radius 1 is 1.19 bits per heavy atom. The van der Waals surface area contributed by atoms with E-state index in [0.717, 1.165) is 37.2 Å². The summed E-state index contributed by atoms with van der Waals surface area (Å²) < 4.78 is 15.4. The van der Waals surface area contributed by atoms with Crippen LogP contribution in [0.4, 0.5) is 15.9 Å². The first kappa shape index (κ1) is 23.2. The van der Waals surface area contributed by atoms with Crippen molar-refractivity contribution in [1.29, 1.82) is 0 Å². The van der Waals surface area contributed by atoms with E-state index in [0.29, 0.717) is 12.4 Å². The van der Waals surface area contributed by atoms with Crippen LogP contribution in [0.25, 0.3) is 21.1 Å². The number of rotatable bonds is 6. The minimum absolute atomic E-state index is 0.169. The van der Waals surface area contributed by atoms with Gasteiger partial charge in [-0.25, -0.2) is 14.4 Å². The second kappa shape index (κ2) is 10.4. The number of thiophene rings is 1. The number of benzene rings is 2. The molecule has 2 aromatic carbocycles. The number of carbonyl (C=O) groups excluding carboxylic acids is 1. The summed E-state index contributed by atoms with van der Waals surface area (Å²) >= 11 is 1.47. The summed E-state index contributed by atoms with van der Waals surface area (Å²) in [4.78, 5) is 21.9. The van der Waals surface area contributed by atoms with Crippen molar-refractivity contribution in [2.75, 3.05) is 11.9 Å². The molecule has 0 fully saturated rings. The average molecular weight is 497 g/mol. The first-order valence-corrected chi connectivity index (χ1v) is 12.0. The van der Waals surface area contributed by atoms with E-state index in [-0.39, 0.29) is 18.3 Å². The molecule has 5 rings (SSSR count). The van der Waals surface area contributed by atoms with E-state index in [1.165, 1.54) is 35.9 Å². The lowest BCUT2D eigenvalue weighted by molar-refractivity contribution is -0.116. The topological polar surface area (TPSA) is 84.7 Å². The maximum atomic E-state index is 13.5. The average Bonchev–Trinajstić information content (AvgIpc) is 3.46. The summed E-state index contributed by atoms with van der Waals surface area (Å²) in [5, 5.41) is 12.4. The first-order valence-electron chi connectivity index (χ1n) is 11.2. The van der Waals surface area contributed by atoms with Crippen molar-refractivity contribution >= 4 is 49.9 Å². The molecule has 0 atom stereocenters. The van der Waals surface area contributed by atoms with Gasteiger partial charge in [-0.3, -0.25) is 9.48 Å². The fourth-order valence-electron chi connectivity index (χ4n) is 3.73. The van der Waals surface area contributed by atoms with Crippen molar-refractivity contribution in [2.24, 2.45) is 0 Å². The van der Waals surface area contributed by atoms with Crippen molar-refractivity contribution in [3.8, 4) is 11.8 Å². The lowest BCUT2D eigenvalue weighted by Gasteiger charge is -2.08. The Morgan fingerprint density at radius 2 is 2.11 bits per heavy atom. The molecule has 5 aromatic rings. The van der Waals surface area contributed by atoms with Crippen molar-refractivity contribution < 1.29 is 9.18 Å². The van der Waals surface area contributed by atoms with Gasteiger partial charge in [0.25, 0.3) is 0 Å². The van der Waals surface area contributed by atoms with Gasteiger partial charge in [0, 0.05) is 11.1 Å². The Balaban J connectivity index is 1.33. The maximum Gasteiger partial charge on any atom is 0.244 e. The molecule has 0 unspecified atom stereocenters. The van der Waals surface area contributed by atoms with Crippen LogP contribution in [0.1, 0.15) is 17.4 Å². The molecule has 178 valence electrons. The van der Waals surface area contributed by atoms with E-state index < -0.39 is 0 Å². The Kier molecular flexibility index (Phi) is 6.69. The van der Waals surface area contributed by atoms with Gasteiger partial charge in [-0.15, -0.1) is 11.3 Å². The van der Waals surface area contributed by atoms with Gasteiger partial charge in [0.1, 0.15) is 22.8 Å². The number of hydrogen-bond donors (Lipinski definition) is 2. The highest BCUT2D eigenvalue weighted by Crippen LogP contribution is 2.30. The lowest BCUT2D eigenvalue weighted by Crippen LogP contribution is -2.20. The highest BCUT2D eigenvalue weighted by Gasteiger charge is 2.10. The number of halogens is 1. The third kappa shape index (κ3) is 5.24. The number of fused-ring (bicyclic) bond motifs is 2. The van der Waals surface area contributed by atoms with Crippen LogP contribution in [0.3, 0.4) is 0 Å². The van der Waals surface area contributed by atoms with Gasteiger partial charge in [0.05, 0.1) is 35.1 Å². The number of nitrogens with zero attached hydrogens (tertiary/aromatic N) is 4. The number of allylic oxidation sites excluding steroid dienone is 1. The number of nitrogens with one attached hydrogen (secondary N) is 2. The van der Waals surface area contributed by atoms with Crippen LogP contribution in [0.15, 0.2) is 73.2 Å². The van der Waals surface area contributed by atoms with Crippen LogP contribution >= 0.6 is 11.3 Å². The summed E-state index contributed by atoms with van der Waals surface area (Å²) in [5.41, 5.74) is 2.66. The Bertz CT molecular complexity index is 1660. The summed E-state index contributed by atoms with van der Waals surface area (Å²) in [6, 6.07) is 14.4. The van der Waals surface area contributed by atoms with Crippen LogP contribution in [-0.2, 0) is 11.3 Å². The van der Waals surface area contributed by atoms with Crippen molar-refractivity contribution in [1.82, 2.24) is 25.1 Å². The summed E-state index contributed by atoms with van der Waals surface area (Å²) in [6.07, 6.45) is 6.45. The van der Waals surface area contributed by atoms with E-state index in [1.54, 1.807) is 25.3 Å². The zero-order chi connectivity index (χ0) is 24.9. The number of anilines is 2. The van der Waals surface area contributed by atoms with Gasteiger partial charge in [-0.05, 0) is 55.0 Å². The molecule has 1 amide bonds. The van der Waals surface area contributed by atoms with Crippen molar-refractivity contribution in [2.45, 2.75) is 13.5 Å². The number of carbonyl (C=O) groups is 1. The van der Waals surface area contributed by atoms with Gasteiger partial charge in [-0.2, -0.15) is 5.10 Å². The summed E-state index contributed by atoms with van der Waals surface area (Å²) in [5.74, 6) is 6.28. The van der Waals surface area contributed by atoms with Crippen molar-refractivity contribution in [3.63, 3.8) is 0 Å². The summed E-state index contributed by atoms with van der Waals surface area (Å²) in [7, 11) is 0. The number of hydrogen-bond acceptors (Lipinski definition) is 6. The lowest BCUT2D eigenvalue weighted by atomic mass is 10.2. The quantitative estimate of drug-likeness (QED) is 0.255. The molecule has 7 nitrogen and oxygen atoms in total. The van der Waals surface area contributed by atoms with E-state index in [4.69, 9.17) is 0 Å². The zero-order valence-electron chi connectivity index (χ0n) is 19.3. The molecule has 0 bridgehead atoms. The van der Waals surface area contributed by atoms with Crippen LogP contribution in [0.5, 0.6) is 0 Å². The van der Waals surface area contributed by atoms with Crippen molar-refractivity contribution in [3.05, 3.63) is 89.5 Å². The highest BCUT2D eigenvalue weighted by atomic mass is 32.1. The van der Waals surface area contributed by atoms with E-state index in [9.17, 15) is 9.18 Å². The molecule has 0 radical (unpaired) electrons. The minimum Gasteiger partial charge on any atom is -0.342 e. The number of aromatic nitrogens is 4. The second-order valence-corrected chi connectivity index (χ2v) is 8.93. The number of amides is 1. The Hall–Kier alpha value is -4.55. The standard InChI is InChI=1S/C27H21FN6OS/c1-2-5-25(35)29-11-4-8-22-14-23-26(30-17-31-27(23)36-22)33-21-9-10-24-19(13-21)15-32-34(24)16-18-6-3-7-20(28)12-18/h2-3,5-7,9-10,12-15,17H,11,16H2,1H3,(H,29,35)(H,30,31,33)/b5-2+. The molecule has 9 heteroatoms. The van der Waals surface area contributed by atoms with Crippen LogP contribution in [-0.4, -0.2) is 32.2 Å². The molecule has 36 heavy (non-hydrogen) atoms. The molecule has 0 saturated carbocycles. The predicted octanol–water partition coefficient (Wildman–Crippen LogP) is 5.02. The Labute approximate surface area is 210 Å². The zero-order valence-corrected chi connectivity index (χ0v) is 20.1. The van der Waals surface area contributed by atoms with E-state index in [1.807, 2.05) is 35.0 Å². The molecule has 0 aliphatic carbocycles. The third-order valence-corrected chi connectivity index (χ3v) is 6.29. The second-order valence-electron chi connectivity index (χ2n) is 7.90. The smallest absolute Gasteiger partial charge is 0.244 e. The fourth-order valence-corrected chi connectivity index (χ4v) is 4.60. The van der Waals surface area contributed by atoms with Gasteiger partial charge in [-0.1, -0.05) is 30.0 Å². The summed E-state index contributed by atoms with van der Waals surface area (Å²) in [6.45, 7) is 2.54. The SMILES string of the molecule is C/C=C/C(=O)NCC#Cc1cc2c(Nc3ccc4c(cnn4Cc4cccc(F)c4)c3)ncnc2s1. The van der Waals surface area contributed by atoms with Gasteiger partial charge < -0.3 is 10.6 Å². The monoisotopic (exact) mass is 496 g/mol. The van der Waals surface area contributed by atoms with E-state index >= 15 is 0 Å². The van der Waals surface area contributed by atoms with Crippen LogP contribution < -0.4 is 10.6 Å². The normalized spacial score (nSPS) is 11.1. The predicted molar refractivity (Wildman–Crippen MR) is 141 cm³/mol. The largest absolute Gasteiger partial charge is 0.342 e. The third-order valence-electron chi connectivity index (χ3n) is 5.34. The van der Waals surface area contributed by atoms with Gasteiger partial charge >= 0.3 is 0 Å². The molecule has 0 saturated heterocycles. The first-order chi connectivity index (χ1) is 17.6. The molecule has 0 aliphatic rings. The molecular formula is C27H21FN6OS. The Morgan fingerprint density at radius 3 is 2.97 bits per heavy atom. The highest BCUT2D eigenvalue weighted by molar-refractivity contribution is 7.19. The molecule has 3 heterocycles. The molecule has 0 spiro atoms. The maximum absolute atomic E-state index is 13.5.